The third-order valence-corrected chi connectivity index (χ3v) is 5.22. The van der Waals surface area contributed by atoms with Gasteiger partial charge in [-0.3, -0.25) is 9.69 Å². The molecule has 0 aromatic heterocycles. The minimum Gasteiger partial charge on any atom is -0.497 e. The molecule has 0 saturated carbocycles. The Labute approximate surface area is 180 Å². The number of hydrogen-bond donors (Lipinski definition) is 2. The summed E-state index contributed by atoms with van der Waals surface area (Å²) in [6, 6.07) is 8.04. The standard InChI is InChI=1S/C22H37N5O3/c1-6-27-12-8-9-18(27)15-24-22(25-16-21(28)26(3)4)23-14-17(2)30-20-11-7-10-19(13-20)29-5/h7,10-11,13,17-18H,6,8-9,12,14-16H2,1-5H3,(H2,23,24,25). The number of aliphatic imine (C=N–C) groups is 1. The molecule has 0 radical (unpaired) electrons. The minimum absolute atomic E-state index is 0.0344. The van der Waals surface area contributed by atoms with Gasteiger partial charge >= 0.3 is 0 Å². The fourth-order valence-electron chi connectivity index (χ4n) is 3.41. The van der Waals surface area contributed by atoms with E-state index in [1.54, 1.807) is 26.1 Å². The number of likely N-dealkylation sites (N-methyl/N-ethyl adjacent to an activating group) is 2. The molecule has 8 heteroatoms. The Kier molecular flexibility index (Phi) is 9.73. The van der Waals surface area contributed by atoms with Crippen LogP contribution in [0.15, 0.2) is 29.3 Å². The van der Waals surface area contributed by atoms with E-state index < -0.39 is 0 Å². The fourth-order valence-corrected chi connectivity index (χ4v) is 3.41. The molecule has 2 unspecified atom stereocenters. The summed E-state index contributed by atoms with van der Waals surface area (Å²) in [5.41, 5.74) is 0. The van der Waals surface area contributed by atoms with Gasteiger partial charge in [-0.2, -0.15) is 0 Å². The van der Waals surface area contributed by atoms with Gasteiger partial charge in [0.05, 0.1) is 13.7 Å². The molecule has 8 nitrogen and oxygen atoms in total. The zero-order valence-electron chi connectivity index (χ0n) is 19.0. The number of nitrogens with zero attached hydrogens (tertiary/aromatic N) is 3. The summed E-state index contributed by atoms with van der Waals surface area (Å²) < 4.78 is 11.2. The lowest BCUT2D eigenvalue weighted by Crippen LogP contribution is -2.47. The lowest BCUT2D eigenvalue weighted by molar-refractivity contribution is -0.127. The largest absolute Gasteiger partial charge is 0.497 e. The van der Waals surface area contributed by atoms with Crippen LogP contribution in [0.4, 0.5) is 0 Å². The van der Waals surface area contributed by atoms with Crippen LogP contribution in [-0.4, -0.2) is 87.7 Å². The predicted molar refractivity (Wildman–Crippen MR) is 120 cm³/mol. The van der Waals surface area contributed by atoms with E-state index in [2.05, 4.69) is 27.4 Å². The second-order valence-corrected chi connectivity index (χ2v) is 7.75. The summed E-state index contributed by atoms with van der Waals surface area (Å²) in [7, 11) is 5.11. The van der Waals surface area contributed by atoms with Gasteiger partial charge < -0.3 is 25.0 Å². The van der Waals surface area contributed by atoms with Crippen LogP contribution < -0.4 is 20.1 Å². The summed E-state index contributed by atoms with van der Waals surface area (Å²) in [6.07, 6.45) is 2.32. The summed E-state index contributed by atoms with van der Waals surface area (Å²) in [6.45, 7) is 7.85. The van der Waals surface area contributed by atoms with Crippen LogP contribution in [-0.2, 0) is 4.79 Å². The third kappa shape index (κ3) is 7.74. The van der Waals surface area contributed by atoms with Crippen LogP contribution >= 0.6 is 0 Å². The number of benzene rings is 1. The van der Waals surface area contributed by atoms with E-state index in [1.165, 1.54) is 12.8 Å². The first-order valence-corrected chi connectivity index (χ1v) is 10.7. The number of amides is 1. The van der Waals surface area contributed by atoms with Gasteiger partial charge in [0, 0.05) is 32.7 Å². The highest BCUT2D eigenvalue weighted by molar-refractivity contribution is 5.84. The van der Waals surface area contributed by atoms with Crippen molar-refractivity contribution in [2.24, 2.45) is 4.99 Å². The number of carbonyl (C=O) groups is 1. The molecule has 30 heavy (non-hydrogen) atoms. The first kappa shape index (κ1) is 23.8. The minimum atomic E-state index is -0.0905. The van der Waals surface area contributed by atoms with Crippen LogP contribution in [0.1, 0.15) is 26.7 Å². The van der Waals surface area contributed by atoms with Crippen LogP contribution in [0, 0.1) is 0 Å². The van der Waals surface area contributed by atoms with Crippen molar-refractivity contribution in [1.82, 2.24) is 20.4 Å². The second kappa shape index (κ2) is 12.3. The highest BCUT2D eigenvalue weighted by Gasteiger charge is 2.23. The molecular formula is C22H37N5O3. The number of guanidine groups is 1. The Morgan fingerprint density at radius 2 is 2.10 bits per heavy atom. The van der Waals surface area contributed by atoms with Gasteiger partial charge in [-0.1, -0.05) is 13.0 Å². The molecule has 1 aromatic carbocycles. The number of hydrogen-bond acceptors (Lipinski definition) is 5. The van der Waals surface area contributed by atoms with Gasteiger partial charge in [-0.05, 0) is 45.0 Å². The second-order valence-electron chi connectivity index (χ2n) is 7.75. The third-order valence-electron chi connectivity index (χ3n) is 5.22. The quantitative estimate of drug-likeness (QED) is 0.443. The van der Waals surface area contributed by atoms with E-state index in [0.717, 1.165) is 31.1 Å². The number of rotatable bonds is 10. The van der Waals surface area contributed by atoms with Gasteiger partial charge in [0.2, 0.25) is 5.91 Å². The van der Waals surface area contributed by atoms with Crippen LogP contribution in [0.2, 0.25) is 0 Å². The Balaban J connectivity index is 1.91. The molecule has 1 aliphatic heterocycles. The lowest BCUT2D eigenvalue weighted by Gasteiger charge is -2.24. The van der Waals surface area contributed by atoms with Crippen LogP contribution in [0.3, 0.4) is 0 Å². The van der Waals surface area contributed by atoms with Crippen molar-refractivity contribution < 1.29 is 14.3 Å². The topological polar surface area (TPSA) is 78.4 Å². The number of likely N-dealkylation sites (tertiary alicyclic amines) is 1. The first-order valence-electron chi connectivity index (χ1n) is 10.7. The van der Waals surface area contributed by atoms with Gasteiger partial charge in [0.1, 0.15) is 24.1 Å². The number of nitrogens with one attached hydrogen (secondary N) is 2. The molecule has 1 heterocycles. The normalized spacial score (nSPS) is 18.0. The van der Waals surface area contributed by atoms with Crippen LogP contribution in [0.5, 0.6) is 11.5 Å². The number of methoxy groups -OCH3 is 1. The lowest BCUT2D eigenvalue weighted by atomic mass is 10.2. The molecule has 2 N–H and O–H groups in total. The molecule has 0 spiro atoms. The Bertz CT molecular complexity index is 695. The van der Waals surface area contributed by atoms with E-state index >= 15 is 0 Å². The number of ether oxygens (including phenoxy) is 2. The summed E-state index contributed by atoms with van der Waals surface area (Å²) in [5.74, 6) is 2.11. The average Bonchev–Trinajstić information content (AvgIpc) is 3.20. The molecule has 0 bridgehead atoms. The van der Waals surface area contributed by atoms with E-state index in [1.807, 2.05) is 31.2 Å². The van der Waals surface area contributed by atoms with Crippen molar-refractivity contribution in [3.63, 3.8) is 0 Å². The van der Waals surface area contributed by atoms with E-state index in [9.17, 15) is 4.79 Å². The van der Waals surface area contributed by atoms with Crippen molar-refractivity contribution >= 4 is 11.9 Å². The maximum absolute atomic E-state index is 12.0. The molecule has 1 saturated heterocycles. The first-order chi connectivity index (χ1) is 14.4. The van der Waals surface area contributed by atoms with Crippen molar-refractivity contribution in [1.29, 1.82) is 0 Å². The molecule has 1 amide bonds. The number of carbonyl (C=O) groups excluding carboxylic acids is 1. The highest BCUT2D eigenvalue weighted by Crippen LogP contribution is 2.19. The SMILES string of the molecule is CCN1CCCC1CNC(=NCC(=O)N(C)C)NCC(C)Oc1cccc(OC)c1. The Morgan fingerprint density at radius 1 is 1.33 bits per heavy atom. The van der Waals surface area contributed by atoms with E-state index in [0.29, 0.717) is 18.5 Å². The molecule has 0 aliphatic carbocycles. The zero-order valence-corrected chi connectivity index (χ0v) is 19.0. The zero-order chi connectivity index (χ0) is 21.9. The van der Waals surface area contributed by atoms with Gasteiger partial charge in [-0.15, -0.1) is 0 Å². The van der Waals surface area contributed by atoms with Gasteiger partial charge in [-0.25, -0.2) is 4.99 Å². The Morgan fingerprint density at radius 3 is 2.80 bits per heavy atom. The predicted octanol–water partition coefficient (Wildman–Crippen LogP) is 1.57. The fraction of sp³-hybridized carbons (Fsp3) is 0.636. The maximum Gasteiger partial charge on any atom is 0.243 e. The molecular weight excluding hydrogens is 382 g/mol. The van der Waals surface area contributed by atoms with Crippen molar-refractivity contribution in [2.75, 3.05) is 53.9 Å². The molecule has 1 aromatic rings. The molecule has 2 atom stereocenters. The van der Waals surface area contributed by atoms with Crippen molar-refractivity contribution in [2.45, 2.75) is 38.8 Å². The van der Waals surface area contributed by atoms with E-state index in [-0.39, 0.29) is 18.6 Å². The molecule has 1 aliphatic rings. The van der Waals surface area contributed by atoms with E-state index in [4.69, 9.17) is 9.47 Å². The monoisotopic (exact) mass is 419 g/mol. The Hall–Kier alpha value is -2.48. The van der Waals surface area contributed by atoms with Crippen molar-refractivity contribution in [3.8, 4) is 11.5 Å². The van der Waals surface area contributed by atoms with Crippen LogP contribution in [0.25, 0.3) is 0 Å². The average molecular weight is 420 g/mol. The molecule has 1 fully saturated rings. The highest BCUT2D eigenvalue weighted by atomic mass is 16.5. The summed E-state index contributed by atoms with van der Waals surface area (Å²) >= 11 is 0. The molecule has 2 rings (SSSR count). The van der Waals surface area contributed by atoms with Gasteiger partial charge in [0.25, 0.3) is 0 Å². The maximum atomic E-state index is 12.0. The molecule has 168 valence electrons. The summed E-state index contributed by atoms with van der Waals surface area (Å²) in [5, 5.41) is 6.72. The van der Waals surface area contributed by atoms with Crippen molar-refractivity contribution in [3.05, 3.63) is 24.3 Å². The van der Waals surface area contributed by atoms with Gasteiger partial charge in [0.15, 0.2) is 5.96 Å². The summed E-state index contributed by atoms with van der Waals surface area (Å²) in [4.78, 5) is 20.5. The smallest absolute Gasteiger partial charge is 0.243 e.